The molecule has 2 aromatic carbocycles. The van der Waals surface area contributed by atoms with Crippen molar-refractivity contribution in [3.63, 3.8) is 0 Å². The van der Waals surface area contributed by atoms with E-state index in [9.17, 15) is 0 Å². The van der Waals surface area contributed by atoms with Gasteiger partial charge in [0.25, 0.3) is 0 Å². The maximum Gasteiger partial charge on any atom is 0.159 e. The molecule has 0 aliphatic carbocycles. The number of halogens is 1. The highest BCUT2D eigenvalue weighted by Gasteiger charge is 2.09. The van der Waals surface area contributed by atoms with Gasteiger partial charge in [-0.05, 0) is 55.3 Å². The summed E-state index contributed by atoms with van der Waals surface area (Å²) < 4.78 is 5.68. The van der Waals surface area contributed by atoms with Crippen LogP contribution in [0.25, 0.3) is 0 Å². The van der Waals surface area contributed by atoms with Crippen LogP contribution in [0.4, 0.5) is 28.7 Å². The standard InChI is InChI=1S/C21H24ClN5O/c1-3-4-11-28-17-9-7-15(8-10-17)26-20-19(23)21(25-13-24-20)27-16-6-5-14(2)18(22)12-16/h5-10,12-13H,3-4,11,23H2,1-2H3,(H2,24,25,26,27). The zero-order valence-electron chi connectivity index (χ0n) is 16.0. The third kappa shape index (κ3) is 5.04. The molecular weight excluding hydrogens is 374 g/mol. The molecule has 1 aromatic heterocycles. The van der Waals surface area contributed by atoms with E-state index in [0.29, 0.717) is 22.3 Å². The quantitative estimate of drug-likeness (QED) is 0.423. The van der Waals surface area contributed by atoms with Crippen LogP contribution in [-0.4, -0.2) is 16.6 Å². The van der Waals surface area contributed by atoms with Crippen molar-refractivity contribution in [3.05, 3.63) is 59.4 Å². The summed E-state index contributed by atoms with van der Waals surface area (Å²) in [4.78, 5) is 8.48. The second kappa shape index (κ2) is 9.28. The third-order valence-corrected chi connectivity index (χ3v) is 4.61. The topological polar surface area (TPSA) is 85.1 Å². The van der Waals surface area contributed by atoms with Gasteiger partial charge in [-0.1, -0.05) is 31.0 Å². The minimum Gasteiger partial charge on any atom is -0.494 e. The van der Waals surface area contributed by atoms with Gasteiger partial charge in [0.15, 0.2) is 11.6 Å². The van der Waals surface area contributed by atoms with Crippen molar-refractivity contribution in [1.29, 1.82) is 0 Å². The summed E-state index contributed by atoms with van der Waals surface area (Å²) in [7, 11) is 0. The van der Waals surface area contributed by atoms with Crippen molar-refractivity contribution in [2.45, 2.75) is 26.7 Å². The second-order valence-electron chi connectivity index (χ2n) is 6.42. The van der Waals surface area contributed by atoms with Crippen molar-refractivity contribution >= 4 is 40.3 Å². The van der Waals surface area contributed by atoms with Gasteiger partial charge in [-0.2, -0.15) is 0 Å². The predicted molar refractivity (Wildman–Crippen MR) is 116 cm³/mol. The van der Waals surface area contributed by atoms with E-state index in [0.717, 1.165) is 42.1 Å². The summed E-state index contributed by atoms with van der Waals surface area (Å²) in [5, 5.41) is 7.08. The molecule has 0 saturated carbocycles. The number of aromatic nitrogens is 2. The van der Waals surface area contributed by atoms with Crippen LogP contribution in [0, 0.1) is 6.92 Å². The Morgan fingerprint density at radius 1 is 1.00 bits per heavy atom. The Labute approximate surface area is 170 Å². The fraction of sp³-hybridized carbons (Fsp3) is 0.238. The highest BCUT2D eigenvalue weighted by atomic mass is 35.5. The Balaban J connectivity index is 1.71. The van der Waals surface area contributed by atoms with E-state index in [-0.39, 0.29) is 0 Å². The first-order valence-corrected chi connectivity index (χ1v) is 9.58. The first-order chi connectivity index (χ1) is 13.6. The molecule has 0 spiro atoms. The lowest BCUT2D eigenvalue weighted by Crippen LogP contribution is -2.05. The monoisotopic (exact) mass is 397 g/mol. The van der Waals surface area contributed by atoms with Crippen molar-refractivity contribution in [2.24, 2.45) is 0 Å². The van der Waals surface area contributed by atoms with Gasteiger partial charge >= 0.3 is 0 Å². The van der Waals surface area contributed by atoms with Gasteiger partial charge in [0.1, 0.15) is 17.8 Å². The highest BCUT2D eigenvalue weighted by Crippen LogP contribution is 2.30. The lowest BCUT2D eigenvalue weighted by atomic mass is 10.2. The van der Waals surface area contributed by atoms with Crippen molar-refractivity contribution < 1.29 is 4.74 Å². The van der Waals surface area contributed by atoms with Gasteiger partial charge in [0.2, 0.25) is 0 Å². The van der Waals surface area contributed by atoms with Crippen molar-refractivity contribution in [3.8, 4) is 5.75 Å². The lowest BCUT2D eigenvalue weighted by molar-refractivity contribution is 0.309. The molecule has 0 saturated heterocycles. The fourth-order valence-electron chi connectivity index (χ4n) is 2.51. The molecule has 0 unspecified atom stereocenters. The van der Waals surface area contributed by atoms with Gasteiger partial charge < -0.3 is 21.1 Å². The molecule has 0 radical (unpaired) electrons. The number of ether oxygens (including phenoxy) is 1. The molecule has 0 aliphatic rings. The first kappa shape index (κ1) is 19.8. The minimum absolute atomic E-state index is 0.419. The Hall–Kier alpha value is -2.99. The Morgan fingerprint density at radius 2 is 1.64 bits per heavy atom. The molecule has 0 aliphatic heterocycles. The minimum atomic E-state index is 0.419. The van der Waals surface area contributed by atoms with E-state index in [1.54, 1.807) is 0 Å². The Kier molecular flexibility index (Phi) is 6.55. The maximum atomic E-state index is 6.25. The maximum absolute atomic E-state index is 6.25. The van der Waals surface area contributed by atoms with Crippen LogP contribution < -0.4 is 21.1 Å². The summed E-state index contributed by atoms with van der Waals surface area (Å²) >= 11 is 6.18. The van der Waals surface area contributed by atoms with E-state index in [1.165, 1.54) is 6.33 Å². The SMILES string of the molecule is CCCCOc1ccc(Nc2ncnc(Nc3ccc(C)c(Cl)c3)c2N)cc1. The molecule has 4 N–H and O–H groups in total. The molecule has 28 heavy (non-hydrogen) atoms. The second-order valence-corrected chi connectivity index (χ2v) is 6.83. The van der Waals surface area contributed by atoms with Crippen molar-refractivity contribution in [1.82, 2.24) is 9.97 Å². The van der Waals surface area contributed by atoms with Crippen molar-refractivity contribution in [2.75, 3.05) is 23.0 Å². The zero-order chi connectivity index (χ0) is 19.9. The number of nitrogens with one attached hydrogen (secondary N) is 2. The van der Waals surface area contributed by atoms with Crippen LogP contribution >= 0.6 is 11.6 Å². The zero-order valence-corrected chi connectivity index (χ0v) is 16.8. The number of anilines is 5. The molecule has 6 nitrogen and oxygen atoms in total. The molecule has 0 atom stereocenters. The van der Waals surface area contributed by atoms with Gasteiger partial charge in [-0.25, -0.2) is 9.97 Å². The molecule has 0 fully saturated rings. The average Bonchev–Trinajstić information content (AvgIpc) is 2.69. The molecule has 7 heteroatoms. The number of unbranched alkanes of at least 4 members (excludes halogenated alkanes) is 1. The van der Waals surface area contributed by atoms with Crippen LogP contribution in [0.3, 0.4) is 0 Å². The molecule has 0 bridgehead atoms. The van der Waals surface area contributed by atoms with E-state index >= 15 is 0 Å². The number of hydrogen-bond acceptors (Lipinski definition) is 6. The number of nitrogens with zero attached hydrogens (tertiary/aromatic N) is 2. The number of rotatable bonds is 8. The average molecular weight is 398 g/mol. The Bertz CT molecular complexity index is 931. The van der Waals surface area contributed by atoms with Crippen LogP contribution in [0.5, 0.6) is 5.75 Å². The van der Waals surface area contributed by atoms with Gasteiger partial charge in [-0.3, -0.25) is 0 Å². The number of nitrogens with two attached hydrogens (primary N) is 1. The number of aryl methyl sites for hydroxylation is 1. The Morgan fingerprint density at radius 3 is 2.29 bits per heavy atom. The summed E-state index contributed by atoms with van der Waals surface area (Å²) in [5.74, 6) is 1.88. The van der Waals surface area contributed by atoms with E-state index in [4.69, 9.17) is 22.1 Å². The molecule has 3 aromatic rings. The highest BCUT2D eigenvalue weighted by molar-refractivity contribution is 6.31. The summed E-state index contributed by atoms with van der Waals surface area (Å²) in [6, 6.07) is 13.4. The van der Waals surface area contributed by atoms with E-state index in [1.807, 2.05) is 49.4 Å². The van der Waals surface area contributed by atoms with Crippen LogP contribution in [0.2, 0.25) is 5.02 Å². The number of nitrogen functional groups attached to an aromatic ring is 1. The summed E-state index contributed by atoms with van der Waals surface area (Å²) in [5.41, 5.74) is 9.34. The van der Waals surface area contributed by atoms with Gasteiger partial charge in [0.05, 0.1) is 6.61 Å². The predicted octanol–water partition coefficient (Wildman–Crippen LogP) is 5.69. The van der Waals surface area contributed by atoms with E-state index in [2.05, 4.69) is 27.5 Å². The van der Waals surface area contributed by atoms with Gasteiger partial charge in [0, 0.05) is 16.4 Å². The normalized spacial score (nSPS) is 10.5. The van der Waals surface area contributed by atoms with Crippen LogP contribution in [-0.2, 0) is 0 Å². The molecule has 1 heterocycles. The largest absolute Gasteiger partial charge is 0.494 e. The van der Waals surface area contributed by atoms with E-state index < -0.39 is 0 Å². The molecular formula is C21H24ClN5O. The fourth-order valence-corrected chi connectivity index (χ4v) is 2.69. The molecule has 146 valence electrons. The van der Waals surface area contributed by atoms with Crippen LogP contribution in [0.15, 0.2) is 48.8 Å². The third-order valence-electron chi connectivity index (χ3n) is 4.20. The molecule has 3 rings (SSSR count). The lowest BCUT2D eigenvalue weighted by Gasteiger charge is -2.13. The number of hydrogen-bond donors (Lipinski definition) is 3. The smallest absolute Gasteiger partial charge is 0.159 e. The summed E-state index contributed by atoms with van der Waals surface area (Å²) in [6.45, 7) is 4.81. The first-order valence-electron chi connectivity index (χ1n) is 9.20. The number of benzene rings is 2. The van der Waals surface area contributed by atoms with Gasteiger partial charge in [-0.15, -0.1) is 0 Å². The molecule has 0 amide bonds. The van der Waals surface area contributed by atoms with Crippen LogP contribution in [0.1, 0.15) is 25.3 Å². The summed E-state index contributed by atoms with van der Waals surface area (Å²) in [6.07, 6.45) is 3.61.